The van der Waals surface area contributed by atoms with Crippen molar-refractivity contribution >= 4 is 12.2 Å². The molecule has 0 aromatic carbocycles. The standard InChI is InChI=1S/C13H17NO/c1-5-7-8-12-11(6-2)13(15)9(3)10(4)14-12/h6-8H,2,5H2,1,3-4H3,(H,14,15)/b8-7-. The van der Waals surface area contributed by atoms with Crippen molar-refractivity contribution in [2.24, 2.45) is 0 Å². The lowest BCUT2D eigenvalue weighted by Crippen LogP contribution is -2.14. The summed E-state index contributed by atoms with van der Waals surface area (Å²) in [6.45, 7) is 9.47. The summed E-state index contributed by atoms with van der Waals surface area (Å²) < 4.78 is 0. The van der Waals surface area contributed by atoms with Crippen LogP contribution in [0.1, 0.15) is 35.9 Å². The molecule has 1 N–H and O–H groups in total. The Balaban J connectivity index is 3.45. The van der Waals surface area contributed by atoms with E-state index in [1.807, 2.05) is 26.0 Å². The molecule has 0 aliphatic rings. The Bertz CT molecular complexity index is 452. The van der Waals surface area contributed by atoms with Crippen LogP contribution in [-0.4, -0.2) is 4.98 Å². The summed E-state index contributed by atoms with van der Waals surface area (Å²) in [6.07, 6.45) is 6.52. The highest BCUT2D eigenvalue weighted by Gasteiger charge is 2.06. The molecular formula is C13H17NO. The second kappa shape index (κ2) is 4.78. The van der Waals surface area contributed by atoms with Gasteiger partial charge in [-0.05, 0) is 26.3 Å². The van der Waals surface area contributed by atoms with Crippen molar-refractivity contribution in [2.45, 2.75) is 27.2 Å². The highest BCUT2D eigenvalue weighted by molar-refractivity contribution is 5.62. The molecule has 0 fully saturated rings. The van der Waals surface area contributed by atoms with Crippen LogP contribution < -0.4 is 5.43 Å². The Hall–Kier alpha value is -1.57. The topological polar surface area (TPSA) is 32.9 Å². The average Bonchev–Trinajstić information content (AvgIpc) is 2.23. The third-order valence-electron chi connectivity index (χ3n) is 2.48. The smallest absolute Gasteiger partial charge is 0.192 e. The highest BCUT2D eigenvalue weighted by atomic mass is 16.1. The summed E-state index contributed by atoms with van der Waals surface area (Å²) in [6, 6.07) is 0. The molecule has 0 unspecified atom stereocenters. The molecule has 0 aliphatic carbocycles. The first-order chi connectivity index (χ1) is 7.11. The number of pyridine rings is 1. The quantitative estimate of drug-likeness (QED) is 0.804. The third-order valence-corrected chi connectivity index (χ3v) is 2.48. The molecule has 1 aromatic rings. The molecule has 15 heavy (non-hydrogen) atoms. The fraction of sp³-hybridized carbons (Fsp3) is 0.308. The molecular weight excluding hydrogens is 186 g/mol. The molecule has 0 amide bonds. The van der Waals surface area contributed by atoms with Gasteiger partial charge in [-0.2, -0.15) is 0 Å². The highest BCUT2D eigenvalue weighted by Crippen LogP contribution is 2.09. The van der Waals surface area contributed by atoms with E-state index < -0.39 is 0 Å². The molecule has 2 nitrogen and oxygen atoms in total. The van der Waals surface area contributed by atoms with Crippen molar-refractivity contribution in [3.8, 4) is 0 Å². The maximum Gasteiger partial charge on any atom is 0.192 e. The predicted octanol–water partition coefficient (Wildman–Crippen LogP) is 3.06. The van der Waals surface area contributed by atoms with Gasteiger partial charge in [-0.1, -0.05) is 25.7 Å². The van der Waals surface area contributed by atoms with E-state index in [1.165, 1.54) is 0 Å². The number of hydrogen-bond donors (Lipinski definition) is 1. The van der Waals surface area contributed by atoms with Gasteiger partial charge in [0.25, 0.3) is 0 Å². The predicted molar refractivity (Wildman–Crippen MR) is 66.0 cm³/mol. The van der Waals surface area contributed by atoms with Crippen LogP contribution in [0.15, 0.2) is 17.4 Å². The van der Waals surface area contributed by atoms with E-state index in [9.17, 15) is 4.79 Å². The molecule has 2 heteroatoms. The van der Waals surface area contributed by atoms with Crippen LogP contribution in [-0.2, 0) is 0 Å². The molecule has 1 aromatic heterocycles. The van der Waals surface area contributed by atoms with Gasteiger partial charge in [-0.3, -0.25) is 4.79 Å². The second-order valence-electron chi connectivity index (χ2n) is 3.55. The minimum Gasteiger partial charge on any atom is -0.358 e. The first-order valence-electron chi connectivity index (χ1n) is 5.14. The van der Waals surface area contributed by atoms with Gasteiger partial charge in [0.15, 0.2) is 5.43 Å². The normalized spacial score (nSPS) is 10.9. The summed E-state index contributed by atoms with van der Waals surface area (Å²) in [7, 11) is 0. The van der Waals surface area contributed by atoms with Gasteiger partial charge in [-0.15, -0.1) is 0 Å². The molecule has 80 valence electrons. The Labute approximate surface area is 90.4 Å². The van der Waals surface area contributed by atoms with Gasteiger partial charge in [-0.25, -0.2) is 0 Å². The van der Waals surface area contributed by atoms with E-state index >= 15 is 0 Å². The lowest BCUT2D eigenvalue weighted by Gasteiger charge is -2.06. The molecule has 0 aliphatic heterocycles. The summed E-state index contributed by atoms with van der Waals surface area (Å²) >= 11 is 0. The molecule has 0 spiro atoms. The number of H-pyrrole nitrogens is 1. The Morgan fingerprint density at radius 2 is 2.07 bits per heavy atom. The number of allylic oxidation sites excluding steroid dienone is 1. The second-order valence-corrected chi connectivity index (χ2v) is 3.55. The molecule has 1 rings (SSSR count). The zero-order valence-corrected chi connectivity index (χ0v) is 9.55. The average molecular weight is 203 g/mol. The molecule has 1 heterocycles. The van der Waals surface area contributed by atoms with Gasteiger partial charge in [0.05, 0.1) is 0 Å². The number of nitrogens with one attached hydrogen (secondary N) is 1. The number of rotatable bonds is 3. The Morgan fingerprint density at radius 3 is 2.60 bits per heavy atom. The van der Waals surface area contributed by atoms with Crippen LogP contribution in [0.2, 0.25) is 0 Å². The van der Waals surface area contributed by atoms with Crippen molar-refractivity contribution in [1.29, 1.82) is 0 Å². The van der Waals surface area contributed by atoms with Gasteiger partial charge in [0.1, 0.15) is 0 Å². The number of hydrogen-bond acceptors (Lipinski definition) is 1. The number of aryl methyl sites for hydroxylation is 1. The molecule has 0 radical (unpaired) electrons. The fourth-order valence-corrected chi connectivity index (χ4v) is 1.43. The minimum absolute atomic E-state index is 0.0667. The van der Waals surface area contributed by atoms with Crippen LogP contribution in [0.3, 0.4) is 0 Å². The van der Waals surface area contributed by atoms with Crippen LogP contribution >= 0.6 is 0 Å². The van der Waals surface area contributed by atoms with Crippen LogP contribution in [0.5, 0.6) is 0 Å². The molecule has 0 saturated heterocycles. The summed E-state index contributed by atoms with van der Waals surface area (Å²) in [5.41, 5.74) is 3.25. The van der Waals surface area contributed by atoms with Crippen molar-refractivity contribution < 1.29 is 0 Å². The SMILES string of the molecule is C=Cc1c(/C=C\CC)[nH]c(C)c(C)c1=O. The number of aromatic nitrogens is 1. The Morgan fingerprint density at radius 1 is 1.40 bits per heavy atom. The molecule has 0 bridgehead atoms. The summed E-state index contributed by atoms with van der Waals surface area (Å²) in [5, 5.41) is 0. The largest absolute Gasteiger partial charge is 0.358 e. The molecule has 0 atom stereocenters. The summed E-state index contributed by atoms with van der Waals surface area (Å²) in [4.78, 5) is 15.1. The molecule has 0 saturated carbocycles. The third kappa shape index (κ3) is 2.27. The van der Waals surface area contributed by atoms with E-state index in [0.29, 0.717) is 5.56 Å². The van der Waals surface area contributed by atoms with E-state index in [1.54, 1.807) is 6.08 Å². The van der Waals surface area contributed by atoms with E-state index in [2.05, 4.69) is 18.5 Å². The lowest BCUT2D eigenvalue weighted by molar-refractivity contribution is 1.10. The lowest BCUT2D eigenvalue weighted by atomic mass is 10.1. The monoisotopic (exact) mass is 203 g/mol. The Kier molecular flexibility index (Phi) is 3.67. The zero-order valence-electron chi connectivity index (χ0n) is 9.55. The summed E-state index contributed by atoms with van der Waals surface area (Å²) in [5.74, 6) is 0. The van der Waals surface area contributed by atoms with Crippen molar-refractivity contribution in [1.82, 2.24) is 4.98 Å². The van der Waals surface area contributed by atoms with Crippen LogP contribution in [0.4, 0.5) is 0 Å². The first-order valence-corrected chi connectivity index (χ1v) is 5.14. The van der Waals surface area contributed by atoms with E-state index in [0.717, 1.165) is 23.4 Å². The number of aromatic amines is 1. The van der Waals surface area contributed by atoms with Crippen LogP contribution in [0, 0.1) is 13.8 Å². The van der Waals surface area contributed by atoms with Crippen molar-refractivity contribution in [3.05, 3.63) is 45.4 Å². The van der Waals surface area contributed by atoms with Gasteiger partial charge in [0, 0.05) is 22.5 Å². The van der Waals surface area contributed by atoms with E-state index in [-0.39, 0.29) is 5.43 Å². The zero-order chi connectivity index (χ0) is 11.4. The fourth-order valence-electron chi connectivity index (χ4n) is 1.43. The first kappa shape index (κ1) is 11.5. The van der Waals surface area contributed by atoms with Gasteiger partial charge in [0.2, 0.25) is 0 Å². The van der Waals surface area contributed by atoms with Crippen molar-refractivity contribution in [2.75, 3.05) is 0 Å². The maximum absolute atomic E-state index is 11.9. The van der Waals surface area contributed by atoms with Crippen LogP contribution in [0.25, 0.3) is 12.2 Å². The van der Waals surface area contributed by atoms with Gasteiger partial charge < -0.3 is 4.98 Å². The van der Waals surface area contributed by atoms with Crippen molar-refractivity contribution in [3.63, 3.8) is 0 Å². The minimum atomic E-state index is 0.0667. The van der Waals surface area contributed by atoms with Gasteiger partial charge >= 0.3 is 0 Å². The van der Waals surface area contributed by atoms with E-state index in [4.69, 9.17) is 0 Å². The maximum atomic E-state index is 11.9.